The topological polar surface area (TPSA) is 164 Å². The van der Waals surface area contributed by atoms with Gasteiger partial charge in [0.05, 0.1) is 28.8 Å². The van der Waals surface area contributed by atoms with E-state index < -0.39 is 28.4 Å². The van der Waals surface area contributed by atoms with E-state index in [4.69, 9.17) is 20.9 Å². The fourth-order valence-electron chi connectivity index (χ4n) is 4.84. The zero-order valence-corrected chi connectivity index (χ0v) is 22.6. The summed E-state index contributed by atoms with van der Waals surface area (Å²) in [6, 6.07) is 5.23. The molecule has 201 valence electrons. The van der Waals surface area contributed by atoms with Crippen molar-refractivity contribution in [2.24, 2.45) is 5.92 Å². The van der Waals surface area contributed by atoms with Crippen molar-refractivity contribution in [3.05, 3.63) is 74.6 Å². The molecule has 4 heterocycles. The van der Waals surface area contributed by atoms with Gasteiger partial charge in [-0.25, -0.2) is 15.0 Å². The number of hydrogen-bond donors (Lipinski definition) is 4. The van der Waals surface area contributed by atoms with E-state index in [9.17, 15) is 18.3 Å². The number of thiophene rings is 1. The third-order valence-corrected chi connectivity index (χ3v) is 8.36. The van der Waals surface area contributed by atoms with Crippen LogP contribution in [0.1, 0.15) is 55.9 Å². The van der Waals surface area contributed by atoms with Gasteiger partial charge in [0, 0.05) is 35.1 Å². The molecule has 11 nitrogen and oxygen atoms in total. The SMILES string of the molecule is Cc1sc(C(=O)c2cncnc2N[C@H]2C[C@H](O)[C@@H]([CH]NS(=O)(=O)O)C2)cc1[C@@H]1OCCc2ccc(Cl)nc21. The maximum Gasteiger partial charge on any atom is 0.333 e. The molecule has 38 heavy (non-hydrogen) atoms. The number of anilines is 1. The number of aliphatic hydroxyl groups is 1. The van der Waals surface area contributed by atoms with Gasteiger partial charge in [-0.05, 0) is 43.9 Å². The summed E-state index contributed by atoms with van der Waals surface area (Å²) in [5.41, 5.74) is 2.94. The molecule has 3 aromatic rings. The van der Waals surface area contributed by atoms with Gasteiger partial charge >= 0.3 is 10.3 Å². The van der Waals surface area contributed by atoms with Crippen LogP contribution in [0.5, 0.6) is 0 Å². The van der Waals surface area contributed by atoms with Crippen molar-refractivity contribution in [3.63, 3.8) is 0 Å². The Labute approximate surface area is 228 Å². The van der Waals surface area contributed by atoms with Crippen LogP contribution in [0.3, 0.4) is 0 Å². The minimum atomic E-state index is -4.41. The molecule has 3 aromatic heterocycles. The van der Waals surface area contributed by atoms with Gasteiger partial charge < -0.3 is 15.2 Å². The van der Waals surface area contributed by atoms with Gasteiger partial charge in [0.15, 0.2) is 0 Å². The summed E-state index contributed by atoms with van der Waals surface area (Å²) in [5, 5.41) is 13.9. The fourth-order valence-corrected chi connectivity index (χ4v) is 6.35. The molecule has 4 atom stereocenters. The number of ether oxygens (including phenoxy) is 1. The molecule has 0 spiro atoms. The van der Waals surface area contributed by atoms with Crippen LogP contribution in [-0.2, 0) is 21.5 Å². The van der Waals surface area contributed by atoms with Gasteiger partial charge in [0.25, 0.3) is 0 Å². The summed E-state index contributed by atoms with van der Waals surface area (Å²) in [5.74, 6) is -0.485. The lowest BCUT2D eigenvalue weighted by Crippen LogP contribution is -2.27. The number of fused-ring (bicyclic) bond motifs is 1. The van der Waals surface area contributed by atoms with Crippen LogP contribution >= 0.6 is 22.9 Å². The molecule has 1 radical (unpaired) electrons. The smallest absolute Gasteiger partial charge is 0.333 e. The molecule has 1 aliphatic carbocycles. The predicted molar refractivity (Wildman–Crippen MR) is 140 cm³/mol. The Hall–Kier alpha value is -2.52. The summed E-state index contributed by atoms with van der Waals surface area (Å²) in [6.45, 7) is 3.61. The number of carbonyl (C=O) groups excluding carboxylic acids is 1. The van der Waals surface area contributed by atoms with E-state index in [1.165, 1.54) is 23.9 Å². The molecule has 2 aliphatic rings. The van der Waals surface area contributed by atoms with Crippen molar-refractivity contribution >= 4 is 44.8 Å². The Balaban J connectivity index is 1.35. The summed E-state index contributed by atoms with van der Waals surface area (Å²) in [4.78, 5) is 27.8. The second-order valence-electron chi connectivity index (χ2n) is 9.22. The first-order chi connectivity index (χ1) is 18.1. The van der Waals surface area contributed by atoms with Crippen LogP contribution in [0.4, 0.5) is 5.82 Å². The molecule has 1 aliphatic heterocycles. The highest BCUT2D eigenvalue weighted by Crippen LogP contribution is 2.38. The molecule has 0 aromatic carbocycles. The largest absolute Gasteiger partial charge is 0.393 e. The van der Waals surface area contributed by atoms with Crippen LogP contribution in [0, 0.1) is 19.4 Å². The fraction of sp³-hybridized carbons (Fsp3) is 0.375. The van der Waals surface area contributed by atoms with E-state index in [1.54, 1.807) is 6.07 Å². The van der Waals surface area contributed by atoms with Gasteiger partial charge in [-0.1, -0.05) is 17.7 Å². The number of aliphatic hydroxyl groups excluding tert-OH is 1. The molecule has 0 amide bonds. The van der Waals surface area contributed by atoms with Gasteiger partial charge in [0.1, 0.15) is 23.4 Å². The number of rotatable bonds is 8. The lowest BCUT2D eigenvalue weighted by molar-refractivity contribution is 0.0663. The molecular formula is C24H25ClN5O6S2. The molecule has 14 heteroatoms. The van der Waals surface area contributed by atoms with Crippen molar-refractivity contribution in [2.75, 3.05) is 11.9 Å². The maximum absolute atomic E-state index is 13.6. The summed E-state index contributed by atoms with van der Waals surface area (Å²) in [6.07, 6.45) is 2.88. The summed E-state index contributed by atoms with van der Waals surface area (Å²) >= 11 is 7.49. The Morgan fingerprint density at radius 3 is 2.92 bits per heavy atom. The standard InChI is InChI=1S/C24H25ClN5O6S2/c1-12-16(23-21-13(4-5-36-23)2-3-20(25)30-21)8-19(37-12)22(32)17-10-26-11-27-24(17)29-15-6-14(18(31)7-15)9-28-38(33,34)35/h2-3,8-11,14-15,18,23,28,31H,4-7H2,1H3,(H,26,27,29)(H,33,34,35)/t14-,15-,18+,23+/m1/s1. The molecule has 0 bridgehead atoms. The number of halogens is 1. The number of aromatic nitrogens is 3. The zero-order valence-electron chi connectivity index (χ0n) is 20.2. The van der Waals surface area contributed by atoms with Crippen molar-refractivity contribution in [1.82, 2.24) is 19.7 Å². The van der Waals surface area contributed by atoms with Gasteiger partial charge in [-0.2, -0.15) is 13.1 Å². The Morgan fingerprint density at radius 2 is 2.13 bits per heavy atom. The van der Waals surface area contributed by atoms with Crippen LogP contribution < -0.4 is 10.0 Å². The van der Waals surface area contributed by atoms with Crippen molar-refractivity contribution in [3.8, 4) is 0 Å². The molecule has 1 fully saturated rings. The van der Waals surface area contributed by atoms with Crippen molar-refractivity contribution in [1.29, 1.82) is 0 Å². The Kier molecular flexibility index (Phi) is 7.78. The molecular weight excluding hydrogens is 554 g/mol. The average molecular weight is 579 g/mol. The lowest BCUT2D eigenvalue weighted by Gasteiger charge is -2.25. The minimum Gasteiger partial charge on any atom is -0.393 e. The molecule has 0 unspecified atom stereocenters. The maximum atomic E-state index is 13.6. The highest BCUT2D eigenvalue weighted by molar-refractivity contribution is 7.83. The zero-order chi connectivity index (χ0) is 27.0. The van der Waals surface area contributed by atoms with Gasteiger partial charge in [-0.15, -0.1) is 11.3 Å². The second-order valence-corrected chi connectivity index (χ2v) is 12.0. The van der Waals surface area contributed by atoms with Crippen LogP contribution in [-0.4, -0.2) is 57.6 Å². The molecule has 1 saturated carbocycles. The first kappa shape index (κ1) is 27.1. The number of aryl methyl sites for hydroxylation is 1. The van der Waals surface area contributed by atoms with Crippen LogP contribution in [0.15, 0.2) is 30.7 Å². The van der Waals surface area contributed by atoms with Crippen molar-refractivity contribution in [2.45, 2.75) is 44.4 Å². The normalized spacial score (nSPS) is 23.3. The monoisotopic (exact) mass is 578 g/mol. The number of nitrogens with one attached hydrogen (secondary N) is 2. The Morgan fingerprint density at radius 1 is 1.32 bits per heavy atom. The lowest BCUT2D eigenvalue weighted by atomic mass is 9.98. The van der Waals surface area contributed by atoms with E-state index in [2.05, 4.69) is 20.3 Å². The predicted octanol–water partition coefficient (Wildman–Crippen LogP) is 2.89. The number of nitrogens with zero attached hydrogens (tertiary/aromatic N) is 3. The van der Waals surface area contributed by atoms with Gasteiger partial charge in [-0.3, -0.25) is 9.35 Å². The third-order valence-electron chi connectivity index (χ3n) is 6.65. The second kappa shape index (κ2) is 10.9. The number of carbonyl (C=O) groups is 1. The molecule has 5 rings (SSSR count). The van der Waals surface area contributed by atoms with E-state index in [1.807, 2.05) is 23.8 Å². The first-order valence-corrected chi connectivity index (χ1v) is 14.5. The average Bonchev–Trinajstić information content (AvgIpc) is 3.43. The number of pyridine rings is 1. The number of ketones is 1. The van der Waals surface area contributed by atoms with E-state index >= 15 is 0 Å². The van der Waals surface area contributed by atoms with E-state index in [0.29, 0.717) is 35.3 Å². The van der Waals surface area contributed by atoms with Crippen LogP contribution in [0.25, 0.3) is 0 Å². The summed E-state index contributed by atoms with van der Waals surface area (Å²) in [7, 11) is -4.41. The van der Waals surface area contributed by atoms with E-state index in [0.717, 1.165) is 34.7 Å². The first-order valence-electron chi connectivity index (χ1n) is 11.8. The minimum absolute atomic E-state index is 0.266. The highest BCUT2D eigenvalue weighted by atomic mass is 35.5. The number of hydrogen-bond acceptors (Lipinski definition) is 10. The highest BCUT2D eigenvalue weighted by Gasteiger charge is 2.35. The van der Waals surface area contributed by atoms with Crippen LogP contribution in [0.2, 0.25) is 5.15 Å². The van der Waals surface area contributed by atoms with Gasteiger partial charge in [0.2, 0.25) is 5.78 Å². The molecule has 0 saturated heterocycles. The quantitative estimate of drug-likeness (QED) is 0.177. The van der Waals surface area contributed by atoms with E-state index in [-0.39, 0.29) is 17.4 Å². The Bertz CT molecular complexity index is 1470. The van der Waals surface area contributed by atoms with Crippen molar-refractivity contribution < 1.29 is 27.6 Å². The summed E-state index contributed by atoms with van der Waals surface area (Å²) < 4.78 is 38.8. The molecule has 4 N–H and O–H groups in total. The third kappa shape index (κ3) is 5.88.